The molecular formula is C22H24BrN5O5. The second-order valence-electron chi connectivity index (χ2n) is 6.54. The molecule has 3 rings (SSSR count). The van der Waals surface area contributed by atoms with Crippen LogP contribution < -0.4 is 34.9 Å². The highest BCUT2D eigenvalue weighted by Crippen LogP contribution is 2.40. The Bertz CT molecular complexity index is 1130. The number of amides is 1. The van der Waals surface area contributed by atoms with Crippen LogP contribution in [0.1, 0.15) is 10.4 Å². The first-order chi connectivity index (χ1) is 15.9. The predicted molar refractivity (Wildman–Crippen MR) is 129 cm³/mol. The first kappa shape index (κ1) is 23.9. The topological polar surface area (TPSA) is 116 Å². The van der Waals surface area contributed by atoms with E-state index in [0.717, 1.165) is 0 Å². The number of benzene rings is 2. The highest BCUT2D eigenvalue weighted by atomic mass is 79.9. The Morgan fingerprint density at radius 2 is 1.64 bits per heavy atom. The van der Waals surface area contributed by atoms with Gasteiger partial charge in [0.05, 0.1) is 44.2 Å². The summed E-state index contributed by atoms with van der Waals surface area (Å²) >= 11 is 3.45. The number of nitrogens with zero attached hydrogens (tertiary/aromatic N) is 2. The second kappa shape index (κ2) is 10.7. The molecule has 0 fully saturated rings. The molecule has 0 bridgehead atoms. The lowest BCUT2D eigenvalue weighted by atomic mass is 10.1. The summed E-state index contributed by atoms with van der Waals surface area (Å²) in [5.74, 6) is 2.54. The molecule has 1 heterocycles. The molecule has 0 saturated carbocycles. The average molecular weight is 518 g/mol. The molecular weight excluding hydrogens is 494 g/mol. The van der Waals surface area contributed by atoms with Crippen LogP contribution in [0.4, 0.5) is 23.1 Å². The van der Waals surface area contributed by atoms with E-state index in [2.05, 4.69) is 41.8 Å². The van der Waals surface area contributed by atoms with Crippen LogP contribution in [0.2, 0.25) is 0 Å². The molecule has 0 aliphatic heterocycles. The van der Waals surface area contributed by atoms with Crippen molar-refractivity contribution < 1.29 is 23.7 Å². The first-order valence-electron chi connectivity index (χ1n) is 9.70. The fraction of sp³-hybridized carbons (Fsp3) is 0.227. The number of hydrogen-bond acceptors (Lipinski definition) is 9. The van der Waals surface area contributed by atoms with Crippen molar-refractivity contribution in [2.45, 2.75) is 0 Å². The number of hydrogen-bond donors (Lipinski definition) is 3. The molecule has 174 valence electrons. The van der Waals surface area contributed by atoms with Crippen molar-refractivity contribution in [1.82, 2.24) is 15.3 Å². The van der Waals surface area contributed by atoms with Gasteiger partial charge in [0, 0.05) is 37.1 Å². The zero-order valence-electron chi connectivity index (χ0n) is 18.8. The third kappa shape index (κ3) is 5.37. The number of aromatic nitrogens is 2. The standard InChI is InChI=1S/C22H24BrN5O5/c1-24-21(29)14-7-6-13(30-2)10-16(14)27-20-15(23)11-25-22(28-20)26-12-8-17(31-3)19(33-5)18(9-12)32-4/h6-11H,1-5H3,(H,24,29)(H2,25,26,27,28). The Morgan fingerprint density at radius 1 is 0.939 bits per heavy atom. The van der Waals surface area contributed by atoms with Crippen LogP contribution in [-0.4, -0.2) is 51.4 Å². The van der Waals surface area contributed by atoms with Gasteiger partial charge in [0.25, 0.3) is 5.91 Å². The Morgan fingerprint density at radius 3 is 2.21 bits per heavy atom. The van der Waals surface area contributed by atoms with Gasteiger partial charge in [-0.15, -0.1) is 0 Å². The normalized spacial score (nSPS) is 10.2. The lowest BCUT2D eigenvalue weighted by Gasteiger charge is -2.16. The van der Waals surface area contributed by atoms with Crippen molar-refractivity contribution in [3.05, 3.63) is 46.6 Å². The van der Waals surface area contributed by atoms with Gasteiger partial charge in [-0.3, -0.25) is 4.79 Å². The summed E-state index contributed by atoms with van der Waals surface area (Å²) in [7, 11) is 7.73. The highest BCUT2D eigenvalue weighted by molar-refractivity contribution is 9.10. The van der Waals surface area contributed by atoms with E-state index in [0.29, 0.717) is 56.2 Å². The van der Waals surface area contributed by atoms with Crippen LogP contribution in [0.3, 0.4) is 0 Å². The van der Waals surface area contributed by atoms with Crippen LogP contribution in [0.25, 0.3) is 0 Å². The van der Waals surface area contributed by atoms with E-state index in [1.165, 1.54) is 21.3 Å². The minimum atomic E-state index is -0.249. The van der Waals surface area contributed by atoms with Gasteiger partial charge in [-0.05, 0) is 28.1 Å². The SMILES string of the molecule is CNC(=O)c1ccc(OC)cc1Nc1nc(Nc2cc(OC)c(OC)c(OC)c2)ncc1Br. The van der Waals surface area contributed by atoms with E-state index in [-0.39, 0.29) is 5.91 Å². The predicted octanol–water partition coefficient (Wildman–Crippen LogP) is 4.12. The average Bonchev–Trinajstić information content (AvgIpc) is 2.84. The molecule has 10 nitrogen and oxygen atoms in total. The van der Waals surface area contributed by atoms with Gasteiger partial charge >= 0.3 is 0 Å². The van der Waals surface area contributed by atoms with Crippen LogP contribution >= 0.6 is 15.9 Å². The van der Waals surface area contributed by atoms with Crippen LogP contribution in [0, 0.1) is 0 Å². The third-order valence-corrected chi connectivity index (χ3v) is 5.20. The van der Waals surface area contributed by atoms with Crippen LogP contribution in [-0.2, 0) is 0 Å². The summed E-state index contributed by atoms with van der Waals surface area (Å²) in [5.41, 5.74) is 1.58. The van der Waals surface area contributed by atoms with Gasteiger partial charge in [0.15, 0.2) is 11.5 Å². The number of nitrogens with one attached hydrogen (secondary N) is 3. The molecule has 0 aliphatic rings. The molecule has 3 N–H and O–H groups in total. The minimum absolute atomic E-state index is 0.249. The molecule has 11 heteroatoms. The Balaban J connectivity index is 1.95. The maximum absolute atomic E-state index is 12.3. The van der Waals surface area contributed by atoms with Crippen molar-refractivity contribution in [3.8, 4) is 23.0 Å². The largest absolute Gasteiger partial charge is 0.497 e. The van der Waals surface area contributed by atoms with Gasteiger partial charge in [0.2, 0.25) is 11.7 Å². The molecule has 0 radical (unpaired) electrons. The highest BCUT2D eigenvalue weighted by Gasteiger charge is 2.16. The molecule has 3 aromatic rings. The van der Waals surface area contributed by atoms with E-state index in [1.807, 2.05) is 0 Å². The Labute approximate surface area is 199 Å². The number of ether oxygens (including phenoxy) is 4. The fourth-order valence-electron chi connectivity index (χ4n) is 3.01. The number of carbonyl (C=O) groups is 1. The number of rotatable bonds is 9. The van der Waals surface area contributed by atoms with Crippen molar-refractivity contribution >= 4 is 45.0 Å². The molecule has 0 unspecified atom stereocenters. The zero-order chi connectivity index (χ0) is 24.0. The Hall–Kier alpha value is -3.73. The van der Waals surface area contributed by atoms with Crippen molar-refractivity contribution in [2.75, 3.05) is 46.1 Å². The monoisotopic (exact) mass is 517 g/mol. The number of anilines is 4. The van der Waals surface area contributed by atoms with E-state index in [1.54, 1.807) is 50.7 Å². The lowest BCUT2D eigenvalue weighted by Crippen LogP contribution is -2.19. The lowest BCUT2D eigenvalue weighted by molar-refractivity contribution is 0.0964. The molecule has 2 aromatic carbocycles. The summed E-state index contributed by atoms with van der Waals surface area (Å²) in [5, 5.41) is 8.92. The zero-order valence-corrected chi connectivity index (χ0v) is 20.4. The van der Waals surface area contributed by atoms with E-state index >= 15 is 0 Å². The summed E-state index contributed by atoms with van der Waals surface area (Å²) in [4.78, 5) is 21.2. The Kier molecular flexibility index (Phi) is 7.78. The van der Waals surface area contributed by atoms with Gasteiger partial charge in [0.1, 0.15) is 11.6 Å². The minimum Gasteiger partial charge on any atom is -0.497 e. The third-order valence-electron chi connectivity index (χ3n) is 4.62. The smallest absolute Gasteiger partial charge is 0.253 e. The summed E-state index contributed by atoms with van der Waals surface area (Å²) < 4.78 is 22.0. The van der Waals surface area contributed by atoms with Gasteiger partial charge in [-0.1, -0.05) is 0 Å². The van der Waals surface area contributed by atoms with Crippen LogP contribution in [0.5, 0.6) is 23.0 Å². The fourth-order valence-corrected chi connectivity index (χ4v) is 3.30. The van der Waals surface area contributed by atoms with Gasteiger partial charge in [-0.25, -0.2) is 4.98 Å². The summed E-state index contributed by atoms with van der Waals surface area (Å²) in [6, 6.07) is 8.58. The second-order valence-corrected chi connectivity index (χ2v) is 7.40. The van der Waals surface area contributed by atoms with Gasteiger partial charge in [-0.2, -0.15) is 4.98 Å². The molecule has 0 spiro atoms. The van der Waals surface area contributed by atoms with E-state index in [9.17, 15) is 4.79 Å². The summed E-state index contributed by atoms with van der Waals surface area (Å²) in [6.45, 7) is 0. The number of halogens is 1. The van der Waals surface area contributed by atoms with E-state index in [4.69, 9.17) is 18.9 Å². The van der Waals surface area contributed by atoms with Crippen molar-refractivity contribution in [1.29, 1.82) is 0 Å². The molecule has 0 aliphatic carbocycles. The van der Waals surface area contributed by atoms with Crippen LogP contribution in [0.15, 0.2) is 41.0 Å². The molecule has 33 heavy (non-hydrogen) atoms. The molecule has 0 atom stereocenters. The maximum atomic E-state index is 12.3. The summed E-state index contributed by atoms with van der Waals surface area (Å²) in [6.07, 6.45) is 1.59. The first-order valence-corrected chi connectivity index (χ1v) is 10.5. The molecule has 0 saturated heterocycles. The van der Waals surface area contributed by atoms with Crippen molar-refractivity contribution in [3.63, 3.8) is 0 Å². The number of methoxy groups -OCH3 is 4. The van der Waals surface area contributed by atoms with Gasteiger partial charge < -0.3 is 34.9 Å². The maximum Gasteiger partial charge on any atom is 0.253 e. The number of carbonyl (C=O) groups excluding carboxylic acids is 1. The van der Waals surface area contributed by atoms with E-state index < -0.39 is 0 Å². The van der Waals surface area contributed by atoms with Crippen molar-refractivity contribution in [2.24, 2.45) is 0 Å². The molecule has 1 amide bonds. The molecule has 1 aromatic heterocycles. The quantitative estimate of drug-likeness (QED) is 0.385.